The van der Waals surface area contributed by atoms with Crippen LogP contribution in [0.25, 0.3) is 10.9 Å². The predicted molar refractivity (Wildman–Crippen MR) is 287 cm³/mol. The van der Waals surface area contributed by atoms with Gasteiger partial charge in [0.25, 0.3) is 0 Å². The van der Waals surface area contributed by atoms with Crippen molar-refractivity contribution in [2.24, 2.45) is 11.5 Å². The Labute approximate surface area is 442 Å². The van der Waals surface area contributed by atoms with Crippen LogP contribution >= 0.6 is 21.6 Å². The standard InChI is InChI=1S/C50H70N14O9S2/c1-4-5-16-33(51)42(66)63-39-27-74-75-50(2,3)41(48(72)73)64-40(65)19-12-20-55-43(67)37(23-30-25-57-34-17-10-9-15-32(30)34)61-44(68)35(18-11-21-56-49(52)53)59-45(69)36(22-29-13-7-6-8-14-29)60-46(70)38(62-47(39)71)24-31-26-54-28-58-31/h6-10,13-15,17,25-26,28,33,35-39,41,57H,4-5,11-12,16,18-24,27,51H2,1-3H3,(H,54,58)(H,55,67)(H,59,69)(H,60,70)(H,61,68)(H,62,71)(H,63,66)(H,64,65)(H,72,73)(H4,52,53,56)/t33-,35-,36+,37-,38-,39-,41+/m0/s1. The Balaban J connectivity index is 1.54. The number of nitrogens with two attached hydrogens (primary N) is 2. The number of unbranched alkanes of at least 4 members (excludes halogenated alkanes) is 1. The van der Waals surface area contributed by atoms with Crippen molar-refractivity contribution in [3.05, 3.63) is 90.1 Å². The van der Waals surface area contributed by atoms with Gasteiger partial charge in [0.05, 0.1) is 22.8 Å². The summed E-state index contributed by atoms with van der Waals surface area (Å²) in [6.07, 6.45) is 6.23. The molecule has 406 valence electrons. The quantitative estimate of drug-likeness (QED) is 0.0319. The largest absolute Gasteiger partial charge is 0.480 e. The molecule has 0 radical (unpaired) electrons. The molecule has 2 aromatic carbocycles. The van der Waals surface area contributed by atoms with E-state index in [0.29, 0.717) is 29.7 Å². The molecule has 3 heterocycles. The first-order chi connectivity index (χ1) is 35.8. The van der Waals surface area contributed by atoms with Gasteiger partial charge in [-0.3, -0.25) is 39.0 Å². The van der Waals surface area contributed by atoms with Gasteiger partial charge in [-0.25, -0.2) is 9.78 Å². The molecule has 0 bridgehead atoms. The molecule has 0 aliphatic carbocycles. The molecular weight excluding hydrogens is 1000 g/mol. The average molecular weight is 1080 g/mol. The Morgan fingerprint density at radius 3 is 2.17 bits per heavy atom. The number of nitrogens with zero attached hydrogens (tertiary/aromatic N) is 1. The molecule has 7 amide bonds. The Bertz CT molecular complexity index is 2580. The average Bonchev–Trinajstić information content (AvgIpc) is 4.05. The van der Waals surface area contributed by atoms with Crippen molar-refractivity contribution in [3.8, 4) is 0 Å². The third kappa shape index (κ3) is 18.6. The number of rotatable bonds is 16. The molecular formula is C50H70N14O9S2. The number of guanidine groups is 1. The molecule has 1 saturated heterocycles. The van der Waals surface area contributed by atoms with E-state index in [9.17, 15) is 43.5 Å². The highest BCUT2D eigenvalue weighted by Gasteiger charge is 2.39. The van der Waals surface area contributed by atoms with Crippen LogP contribution in [0.5, 0.6) is 0 Å². The lowest BCUT2D eigenvalue weighted by Crippen LogP contribution is -2.60. The molecule has 7 atom stereocenters. The van der Waals surface area contributed by atoms with E-state index in [-0.39, 0.29) is 69.7 Å². The number of para-hydroxylation sites is 1. The Hall–Kier alpha value is -7.12. The van der Waals surface area contributed by atoms with Gasteiger partial charge in [0, 0.05) is 67.8 Å². The summed E-state index contributed by atoms with van der Waals surface area (Å²) in [7, 11) is 2.12. The lowest BCUT2D eigenvalue weighted by molar-refractivity contribution is -0.142. The summed E-state index contributed by atoms with van der Waals surface area (Å²) in [6, 6.07) is 7.18. The number of aliphatic carboxylic acids is 1. The molecule has 25 heteroatoms. The van der Waals surface area contributed by atoms with Crippen molar-refractivity contribution < 1.29 is 43.5 Å². The summed E-state index contributed by atoms with van der Waals surface area (Å²) < 4.78 is -1.21. The highest BCUT2D eigenvalue weighted by Crippen LogP contribution is 2.39. The number of aromatic nitrogens is 3. The third-order valence-corrected chi connectivity index (χ3v) is 15.6. The zero-order valence-corrected chi connectivity index (χ0v) is 43.9. The van der Waals surface area contributed by atoms with Gasteiger partial charge in [-0.2, -0.15) is 0 Å². The molecule has 1 aliphatic heterocycles. The van der Waals surface area contributed by atoms with E-state index in [2.05, 4.69) is 57.5 Å². The maximum Gasteiger partial charge on any atom is 0.327 e. The van der Waals surface area contributed by atoms with Gasteiger partial charge in [0.1, 0.15) is 36.3 Å². The van der Waals surface area contributed by atoms with Gasteiger partial charge in [0.2, 0.25) is 41.4 Å². The number of carboxylic acids is 1. The van der Waals surface area contributed by atoms with Gasteiger partial charge in [0.15, 0.2) is 5.96 Å². The van der Waals surface area contributed by atoms with Gasteiger partial charge < -0.3 is 69.1 Å². The highest BCUT2D eigenvalue weighted by atomic mass is 33.1. The lowest BCUT2D eigenvalue weighted by Gasteiger charge is -2.31. The molecule has 2 aromatic heterocycles. The number of carboxylic acid groups (broad SMARTS) is 1. The topological polar surface area (TPSA) is 373 Å². The van der Waals surface area contributed by atoms with E-state index >= 15 is 0 Å². The van der Waals surface area contributed by atoms with Crippen molar-refractivity contribution in [2.45, 2.75) is 132 Å². The van der Waals surface area contributed by atoms with Crippen LogP contribution in [0.15, 0.2) is 73.3 Å². The SMILES string of the molecule is CCCC[C@H](N)C(=O)N[C@H]1CSSC(C)(C)[C@@H](C(=O)O)NC(=O)CCCNC(=O)[C@H](Cc2c[nH]c3ccccc23)NC(=O)[C@H](CCCNC(=N)N)NC(=O)[C@@H](Cc2ccccc2)NC(=O)[C@H](Cc2c[nH]cn2)NC1=O. The van der Waals surface area contributed by atoms with Crippen molar-refractivity contribution in [1.82, 2.24) is 57.5 Å². The first-order valence-electron chi connectivity index (χ1n) is 24.9. The summed E-state index contributed by atoms with van der Waals surface area (Å²) in [4.78, 5) is 122. The number of carbonyl (C=O) groups excluding carboxylic acids is 7. The third-order valence-electron chi connectivity index (χ3n) is 12.3. The van der Waals surface area contributed by atoms with Crippen LogP contribution in [0.4, 0.5) is 0 Å². The smallest absolute Gasteiger partial charge is 0.327 e. The molecule has 1 fully saturated rings. The molecule has 5 rings (SSSR count). The van der Waals surface area contributed by atoms with Gasteiger partial charge >= 0.3 is 5.97 Å². The van der Waals surface area contributed by atoms with Crippen molar-refractivity contribution in [3.63, 3.8) is 0 Å². The lowest BCUT2D eigenvalue weighted by atomic mass is 10.0. The van der Waals surface area contributed by atoms with E-state index in [0.717, 1.165) is 38.9 Å². The molecule has 1 aliphatic rings. The molecule has 23 nitrogen and oxygen atoms in total. The number of imidazole rings is 1. The summed E-state index contributed by atoms with van der Waals surface area (Å²) in [5.41, 5.74) is 14.3. The summed E-state index contributed by atoms with van der Waals surface area (Å²) in [5.74, 6) is -6.76. The number of nitrogens with one attached hydrogen (secondary N) is 11. The Morgan fingerprint density at radius 1 is 0.840 bits per heavy atom. The number of hydrogen-bond donors (Lipinski definition) is 14. The minimum absolute atomic E-state index is 0.00564. The van der Waals surface area contributed by atoms with Crippen LogP contribution in [-0.2, 0) is 57.6 Å². The Morgan fingerprint density at radius 2 is 1.49 bits per heavy atom. The van der Waals surface area contributed by atoms with E-state index in [1.807, 2.05) is 31.2 Å². The van der Waals surface area contributed by atoms with Crippen LogP contribution in [0, 0.1) is 5.41 Å². The van der Waals surface area contributed by atoms with Crippen molar-refractivity contribution in [1.29, 1.82) is 5.41 Å². The fourth-order valence-electron chi connectivity index (χ4n) is 8.17. The number of benzene rings is 2. The zero-order valence-electron chi connectivity index (χ0n) is 42.3. The first-order valence-corrected chi connectivity index (χ1v) is 27.2. The zero-order chi connectivity index (χ0) is 54.5. The van der Waals surface area contributed by atoms with Crippen LogP contribution in [-0.4, -0.2) is 139 Å². The maximum atomic E-state index is 14.7. The van der Waals surface area contributed by atoms with Crippen LogP contribution < -0.4 is 54.0 Å². The Kier molecular flexibility index (Phi) is 22.8. The second kappa shape index (κ2) is 29.1. The first kappa shape index (κ1) is 58.8. The number of H-pyrrole nitrogens is 2. The van der Waals surface area contributed by atoms with Gasteiger partial charge in [-0.1, -0.05) is 89.9 Å². The summed E-state index contributed by atoms with van der Waals surface area (Å²) in [5, 5.41) is 40.7. The summed E-state index contributed by atoms with van der Waals surface area (Å²) >= 11 is 0. The van der Waals surface area contributed by atoms with Crippen molar-refractivity contribution in [2.75, 3.05) is 18.8 Å². The minimum Gasteiger partial charge on any atom is -0.480 e. The van der Waals surface area contributed by atoms with Gasteiger partial charge in [-0.05, 0) is 56.7 Å². The number of carbonyl (C=O) groups is 8. The number of amides is 7. The number of fused-ring (bicyclic) bond motifs is 1. The van der Waals surface area contributed by atoms with Gasteiger partial charge in [-0.15, -0.1) is 0 Å². The monoisotopic (exact) mass is 1070 g/mol. The minimum atomic E-state index is -1.43. The summed E-state index contributed by atoms with van der Waals surface area (Å²) in [6.45, 7) is 5.26. The fraction of sp³-hybridized carbons (Fsp3) is 0.480. The maximum absolute atomic E-state index is 14.7. The van der Waals surface area contributed by atoms with E-state index in [1.54, 1.807) is 50.4 Å². The predicted octanol–water partition coefficient (Wildman–Crippen LogP) is 0.763. The van der Waals surface area contributed by atoms with E-state index < -0.39 is 94.4 Å². The molecule has 16 N–H and O–H groups in total. The van der Waals surface area contributed by atoms with Crippen LogP contribution in [0.3, 0.4) is 0 Å². The normalized spacial score (nSPS) is 22.3. The molecule has 75 heavy (non-hydrogen) atoms. The molecule has 0 saturated carbocycles. The van der Waals surface area contributed by atoms with E-state index in [1.165, 1.54) is 12.5 Å². The molecule has 0 spiro atoms. The molecule has 4 aromatic rings. The molecule has 0 unspecified atom stereocenters. The van der Waals surface area contributed by atoms with Crippen LogP contribution in [0.2, 0.25) is 0 Å². The number of hydrogen-bond acceptors (Lipinski definition) is 13. The van der Waals surface area contributed by atoms with Crippen molar-refractivity contribution >= 4 is 85.8 Å². The second-order valence-electron chi connectivity index (χ2n) is 18.8. The fourth-order valence-corrected chi connectivity index (χ4v) is 11.0. The number of aromatic amines is 2. The van der Waals surface area contributed by atoms with Crippen LogP contribution in [0.1, 0.15) is 82.5 Å². The second-order valence-corrected chi connectivity index (χ2v) is 21.8. The highest BCUT2D eigenvalue weighted by molar-refractivity contribution is 8.77. The van der Waals surface area contributed by atoms with E-state index in [4.69, 9.17) is 16.9 Å².